The van der Waals surface area contributed by atoms with Crippen LogP contribution in [0.4, 0.5) is 5.69 Å². The Bertz CT molecular complexity index is 527. The van der Waals surface area contributed by atoms with E-state index in [9.17, 15) is 10.1 Å². The zero-order valence-electron chi connectivity index (χ0n) is 16.6. The molecule has 0 aliphatic carbocycles. The summed E-state index contributed by atoms with van der Waals surface area (Å²) in [5.41, 5.74) is 1.38. The number of hydrogen-bond donors (Lipinski definition) is 0. The molecule has 0 atom stereocenters. The normalized spacial score (nSPS) is 13.4. The highest BCUT2D eigenvalue weighted by Gasteiger charge is 2.64. The lowest BCUT2D eigenvalue weighted by atomic mass is 10.2. The molecule has 0 aliphatic heterocycles. The molecular weight excluding hydrogens is 385 g/mol. The Labute approximate surface area is 158 Å². The third-order valence-electron chi connectivity index (χ3n) is 5.00. The standard InChI is InChI=1S/C19H33NO2P.BrH/c1-17(2,3)23(18(4,5)6,19(7,8)9)14-15-10-12-16(13-11-15)20(21)22;/h10-13H,14H2,1-9H3;1H/q+1;/p-1. The number of nitrogens with zero attached hydrogens (tertiary/aromatic N) is 1. The largest absolute Gasteiger partial charge is 1.00 e. The molecule has 3 nitrogen and oxygen atoms in total. The zero-order chi connectivity index (χ0) is 18.3. The van der Waals surface area contributed by atoms with Crippen molar-refractivity contribution in [2.45, 2.75) is 83.9 Å². The average molecular weight is 418 g/mol. The lowest BCUT2D eigenvalue weighted by Gasteiger charge is -2.54. The van der Waals surface area contributed by atoms with Crippen LogP contribution < -0.4 is 17.0 Å². The highest BCUT2D eigenvalue weighted by Crippen LogP contribution is 2.84. The van der Waals surface area contributed by atoms with Gasteiger partial charge in [-0.05, 0) is 80.0 Å². The van der Waals surface area contributed by atoms with Crippen molar-refractivity contribution >= 4 is 12.9 Å². The molecule has 0 aliphatic rings. The maximum atomic E-state index is 10.9. The van der Waals surface area contributed by atoms with Crippen LogP contribution in [0.15, 0.2) is 24.3 Å². The first-order valence-corrected chi connectivity index (χ1v) is 10.2. The van der Waals surface area contributed by atoms with Crippen molar-refractivity contribution in [3.63, 3.8) is 0 Å². The van der Waals surface area contributed by atoms with Gasteiger partial charge in [-0.25, -0.2) is 0 Å². The summed E-state index contributed by atoms with van der Waals surface area (Å²) in [5, 5.41) is 11.5. The third kappa shape index (κ3) is 4.38. The number of nitro groups is 1. The van der Waals surface area contributed by atoms with Crippen LogP contribution in [0.1, 0.15) is 67.9 Å². The second kappa shape index (κ2) is 7.41. The number of halogens is 1. The molecule has 0 N–H and O–H groups in total. The molecule has 5 heteroatoms. The molecule has 0 fully saturated rings. The van der Waals surface area contributed by atoms with Crippen LogP contribution in [-0.2, 0) is 6.16 Å². The fourth-order valence-corrected chi connectivity index (χ4v) is 12.9. The van der Waals surface area contributed by atoms with Gasteiger partial charge in [-0.15, -0.1) is 0 Å². The van der Waals surface area contributed by atoms with E-state index < -0.39 is 7.26 Å². The molecule has 1 aromatic rings. The number of hydrogen-bond acceptors (Lipinski definition) is 2. The van der Waals surface area contributed by atoms with Crippen LogP contribution in [0.5, 0.6) is 0 Å². The van der Waals surface area contributed by atoms with E-state index >= 15 is 0 Å². The van der Waals surface area contributed by atoms with Crippen molar-refractivity contribution in [3.8, 4) is 0 Å². The molecule has 24 heavy (non-hydrogen) atoms. The Morgan fingerprint density at radius 1 is 0.833 bits per heavy atom. The van der Waals surface area contributed by atoms with Gasteiger partial charge in [0.05, 0.1) is 26.6 Å². The minimum Gasteiger partial charge on any atom is -1.00 e. The summed E-state index contributed by atoms with van der Waals surface area (Å²) in [6.07, 6.45) is 1.02. The average Bonchev–Trinajstić information content (AvgIpc) is 2.31. The van der Waals surface area contributed by atoms with Crippen LogP contribution in [0.25, 0.3) is 0 Å². The molecule has 0 spiro atoms. The molecule has 0 saturated heterocycles. The van der Waals surface area contributed by atoms with E-state index in [1.165, 1.54) is 5.56 Å². The Hall–Kier alpha value is -0.470. The van der Waals surface area contributed by atoms with E-state index in [0.29, 0.717) is 0 Å². The van der Waals surface area contributed by atoms with Gasteiger partial charge >= 0.3 is 0 Å². The maximum Gasteiger partial charge on any atom is 0.269 e. The monoisotopic (exact) mass is 417 g/mol. The zero-order valence-corrected chi connectivity index (χ0v) is 19.1. The molecule has 0 aromatic heterocycles. The number of rotatable bonds is 3. The van der Waals surface area contributed by atoms with Crippen molar-refractivity contribution in [3.05, 3.63) is 39.9 Å². The number of non-ortho nitro benzene ring substituents is 1. The van der Waals surface area contributed by atoms with E-state index in [1.54, 1.807) is 12.1 Å². The molecule has 0 radical (unpaired) electrons. The summed E-state index contributed by atoms with van der Waals surface area (Å²) in [6.45, 7) is 21.3. The lowest BCUT2D eigenvalue weighted by molar-refractivity contribution is -0.384. The van der Waals surface area contributed by atoms with Crippen molar-refractivity contribution in [2.24, 2.45) is 0 Å². The molecule has 138 valence electrons. The summed E-state index contributed by atoms with van der Waals surface area (Å²) in [7, 11) is -1.48. The van der Waals surface area contributed by atoms with Crippen LogP contribution in [0.2, 0.25) is 0 Å². The van der Waals surface area contributed by atoms with Crippen LogP contribution >= 0.6 is 7.26 Å². The van der Waals surface area contributed by atoms with E-state index in [-0.39, 0.29) is 43.1 Å². The number of benzene rings is 1. The summed E-state index contributed by atoms with van der Waals surface area (Å²) in [5.74, 6) is 0. The number of nitro benzene ring substituents is 1. The lowest BCUT2D eigenvalue weighted by Crippen LogP contribution is -3.00. The van der Waals surface area contributed by atoms with E-state index in [1.807, 2.05) is 12.1 Å². The Balaban J connectivity index is 0.00000529. The second-order valence-corrected chi connectivity index (χ2v) is 15.4. The summed E-state index contributed by atoms with van der Waals surface area (Å²) < 4.78 is 0. The SMILES string of the molecule is CC(C)(C)[P+](Cc1ccc([N+](=O)[O-])cc1)(C(C)(C)C)C(C)(C)C.[Br-]. The predicted octanol–water partition coefficient (Wildman–Crippen LogP) is 3.51. The maximum absolute atomic E-state index is 10.9. The van der Waals surface area contributed by atoms with Gasteiger partial charge in [-0.2, -0.15) is 0 Å². The van der Waals surface area contributed by atoms with Crippen molar-refractivity contribution < 1.29 is 21.9 Å². The van der Waals surface area contributed by atoms with Crippen LogP contribution in [-0.4, -0.2) is 20.4 Å². The molecule has 1 rings (SSSR count). The summed E-state index contributed by atoms with van der Waals surface area (Å²) in [4.78, 5) is 10.6. The molecule has 0 heterocycles. The summed E-state index contributed by atoms with van der Waals surface area (Å²) >= 11 is 0. The van der Waals surface area contributed by atoms with Gasteiger partial charge in [0, 0.05) is 19.4 Å². The minimum absolute atomic E-state index is 0. The van der Waals surface area contributed by atoms with Gasteiger partial charge in [0.25, 0.3) is 5.69 Å². The van der Waals surface area contributed by atoms with Gasteiger partial charge < -0.3 is 17.0 Å². The third-order valence-corrected chi connectivity index (χ3v) is 12.7. The van der Waals surface area contributed by atoms with Crippen molar-refractivity contribution in [1.82, 2.24) is 0 Å². The molecule has 0 unspecified atom stereocenters. The fraction of sp³-hybridized carbons (Fsp3) is 0.684. The molecule has 1 aromatic carbocycles. The first-order chi connectivity index (χ1) is 10.1. The topological polar surface area (TPSA) is 43.1 Å². The Morgan fingerprint density at radius 2 is 1.17 bits per heavy atom. The van der Waals surface area contributed by atoms with Crippen molar-refractivity contribution in [2.75, 3.05) is 0 Å². The van der Waals surface area contributed by atoms with Gasteiger partial charge in [0.2, 0.25) is 0 Å². The minimum atomic E-state index is -1.48. The highest BCUT2D eigenvalue weighted by atomic mass is 79.9. The van der Waals surface area contributed by atoms with Gasteiger partial charge in [-0.1, -0.05) is 0 Å². The van der Waals surface area contributed by atoms with Gasteiger partial charge in [-0.3, -0.25) is 10.1 Å². The van der Waals surface area contributed by atoms with Gasteiger partial charge in [0.1, 0.15) is 0 Å². The van der Waals surface area contributed by atoms with Crippen molar-refractivity contribution in [1.29, 1.82) is 0 Å². The fourth-order valence-electron chi connectivity index (χ4n) is 4.73. The smallest absolute Gasteiger partial charge is 0.269 e. The Morgan fingerprint density at radius 3 is 1.42 bits per heavy atom. The second-order valence-electron chi connectivity index (χ2n) is 9.40. The highest BCUT2D eigenvalue weighted by molar-refractivity contribution is 7.79. The quantitative estimate of drug-likeness (QED) is 0.428. The van der Waals surface area contributed by atoms with E-state index in [0.717, 1.165) is 6.16 Å². The first kappa shape index (κ1) is 23.5. The molecule has 0 amide bonds. The molecule has 0 bridgehead atoms. The van der Waals surface area contributed by atoms with Gasteiger partial charge in [0.15, 0.2) is 0 Å². The van der Waals surface area contributed by atoms with E-state index in [4.69, 9.17) is 0 Å². The van der Waals surface area contributed by atoms with Crippen LogP contribution in [0.3, 0.4) is 0 Å². The molecule has 0 saturated carbocycles. The van der Waals surface area contributed by atoms with Crippen LogP contribution in [0, 0.1) is 10.1 Å². The molecular formula is C19H33BrNO2P. The predicted molar refractivity (Wildman–Crippen MR) is 103 cm³/mol. The first-order valence-electron chi connectivity index (χ1n) is 8.25. The van der Waals surface area contributed by atoms with E-state index in [2.05, 4.69) is 62.3 Å². The summed E-state index contributed by atoms with van der Waals surface area (Å²) in [6, 6.07) is 7.15. The Kier molecular flexibility index (Phi) is 7.27.